The summed E-state index contributed by atoms with van der Waals surface area (Å²) in [4.78, 5) is 15.6. The number of halogens is 1. The van der Waals surface area contributed by atoms with E-state index in [0.717, 1.165) is 16.8 Å². The van der Waals surface area contributed by atoms with Crippen LogP contribution in [0, 0.1) is 10.1 Å². The number of nitrogens with zero attached hydrogens (tertiary/aromatic N) is 4. The smallest absolute Gasteiger partial charge is 0.400 e. The van der Waals surface area contributed by atoms with Gasteiger partial charge in [0, 0.05) is 16.0 Å². The first-order valence-electron chi connectivity index (χ1n) is 8.89. The molecule has 0 amide bonds. The molecular formula is C21H15ClN4O3S. The number of hydrogen-bond donors (Lipinski definition) is 0. The molecule has 0 fully saturated rings. The number of benzene rings is 2. The van der Waals surface area contributed by atoms with Crippen molar-refractivity contribution in [2.75, 3.05) is 0 Å². The molecule has 150 valence electrons. The zero-order chi connectivity index (χ0) is 20.9. The van der Waals surface area contributed by atoms with Crippen molar-refractivity contribution in [3.63, 3.8) is 0 Å². The first kappa shape index (κ1) is 19.8. The summed E-state index contributed by atoms with van der Waals surface area (Å²) in [5, 5.41) is 17.9. The topological polar surface area (TPSA) is 85.9 Å². The molecule has 0 saturated heterocycles. The highest BCUT2D eigenvalue weighted by molar-refractivity contribution is 7.07. The minimum absolute atomic E-state index is 0.275. The number of furan rings is 1. The van der Waals surface area contributed by atoms with Gasteiger partial charge in [-0.25, -0.2) is 4.68 Å². The lowest BCUT2D eigenvalue weighted by molar-refractivity contribution is -0.402. The van der Waals surface area contributed by atoms with E-state index in [1.807, 2.05) is 47.8 Å². The number of nitro groups is 1. The molecule has 0 aliphatic carbocycles. The average molecular weight is 439 g/mol. The largest absolute Gasteiger partial charge is 0.433 e. The number of thiazole rings is 1. The molecule has 0 aliphatic rings. The second-order valence-corrected chi connectivity index (χ2v) is 7.47. The molecule has 9 heteroatoms. The van der Waals surface area contributed by atoms with Crippen LogP contribution in [0.3, 0.4) is 0 Å². The Kier molecular flexibility index (Phi) is 5.87. The summed E-state index contributed by atoms with van der Waals surface area (Å²) >= 11 is 7.46. The Bertz CT molecular complexity index is 1260. The fourth-order valence-electron chi connectivity index (χ4n) is 2.70. The van der Waals surface area contributed by atoms with Crippen molar-refractivity contribution in [3.8, 4) is 11.3 Å². The Hall–Kier alpha value is -3.49. The van der Waals surface area contributed by atoms with Crippen molar-refractivity contribution in [2.45, 2.75) is 6.54 Å². The zero-order valence-corrected chi connectivity index (χ0v) is 17.1. The van der Waals surface area contributed by atoms with Crippen molar-refractivity contribution in [1.82, 2.24) is 4.68 Å². The maximum absolute atomic E-state index is 10.8. The Labute approximate surface area is 180 Å². The number of hydrogen-bond acceptors (Lipinski definition) is 6. The molecule has 0 unspecified atom stereocenters. The predicted molar refractivity (Wildman–Crippen MR) is 117 cm³/mol. The van der Waals surface area contributed by atoms with Crippen LogP contribution >= 0.6 is 22.9 Å². The highest BCUT2D eigenvalue weighted by atomic mass is 35.5. The van der Waals surface area contributed by atoms with Crippen LogP contribution in [0.2, 0.25) is 5.02 Å². The van der Waals surface area contributed by atoms with E-state index >= 15 is 0 Å². The summed E-state index contributed by atoms with van der Waals surface area (Å²) in [5.41, 5.74) is 2.82. The van der Waals surface area contributed by atoms with Gasteiger partial charge in [-0.2, -0.15) is 5.10 Å². The van der Waals surface area contributed by atoms with Crippen LogP contribution in [0.4, 0.5) is 5.88 Å². The van der Waals surface area contributed by atoms with Crippen molar-refractivity contribution in [2.24, 2.45) is 10.1 Å². The fraction of sp³-hybridized carbons (Fsp3) is 0.0476. The molecule has 0 radical (unpaired) electrons. The van der Waals surface area contributed by atoms with Gasteiger partial charge >= 0.3 is 5.88 Å². The van der Waals surface area contributed by atoms with Crippen molar-refractivity contribution in [1.29, 1.82) is 0 Å². The van der Waals surface area contributed by atoms with Gasteiger partial charge in [0.25, 0.3) is 0 Å². The monoisotopic (exact) mass is 438 g/mol. The van der Waals surface area contributed by atoms with Crippen LogP contribution in [0.1, 0.15) is 11.3 Å². The summed E-state index contributed by atoms with van der Waals surface area (Å²) in [7, 11) is 0. The summed E-state index contributed by atoms with van der Waals surface area (Å²) in [6, 6.07) is 20.1. The van der Waals surface area contributed by atoms with Gasteiger partial charge in [0.15, 0.2) is 5.76 Å². The van der Waals surface area contributed by atoms with Gasteiger partial charge < -0.3 is 4.42 Å². The van der Waals surface area contributed by atoms with Crippen LogP contribution in [-0.2, 0) is 6.54 Å². The molecule has 0 spiro atoms. The van der Waals surface area contributed by atoms with Gasteiger partial charge in [0.2, 0.25) is 4.80 Å². The third-order valence-electron chi connectivity index (χ3n) is 4.16. The van der Waals surface area contributed by atoms with Crippen LogP contribution in [0.25, 0.3) is 11.3 Å². The maximum atomic E-state index is 10.8. The van der Waals surface area contributed by atoms with Gasteiger partial charge in [0.1, 0.15) is 4.92 Å². The van der Waals surface area contributed by atoms with Gasteiger partial charge in [0.05, 0.1) is 24.5 Å². The molecule has 2 heterocycles. The number of aromatic nitrogens is 1. The van der Waals surface area contributed by atoms with Crippen molar-refractivity contribution < 1.29 is 9.34 Å². The highest BCUT2D eigenvalue weighted by Crippen LogP contribution is 2.22. The molecular weight excluding hydrogens is 424 g/mol. The van der Waals surface area contributed by atoms with Crippen molar-refractivity contribution in [3.05, 3.63) is 103 Å². The minimum Gasteiger partial charge on any atom is -0.400 e. The van der Waals surface area contributed by atoms with E-state index in [4.69, 9.17) is 16.0 Å². The van der Waals surface area contributed by atoms with Gasteiger partial charge in [-0.1, -0.05) is 54.1 Å². The third-order valence-corrected chi connectivity index (χ3v) is 5.26. The molecule has 2 aromatic heterocycles. The quantitative estimate of drug-likeness (QED) is 0.231. The lowest BCUT2D eigenvalue weighted by atomic mass is 10.2. The van der Waals surface area contributed by atoms with Gasteiger partial charge in [-0.05, 0) is 23.8 Å². The molecule has 0 saturated carbocycles. The molecule has 2 aromatic carbocycles. The summed E-state index contributed by atoms with van der Waals surface area (Å²) < 4.78 is 6.85. The Morgan fingerprint density at radius 3 is 2.57 bits per heavy atom. The Morgan fingerprint density at radius 2 is 1.87 bits per heavy atom. The third kappa shape index (κ3) is 4.56. The van der Waals surface area contributed by atoms with E-state index in [-0.39, 0.29) is 11.6 Å². The van der Waals surface area contributed by atoms with Crippen LogP contribution in [-0.4, -0.2) is 15.8 Å². The summed E-state index contributed by atoms with van der Waals surface area (Å²) in [6.45, 7) is 0.503. The van der Waals surface area contributed by atoms with Crippen LogP contribution in [0.15, 0.2) is 86.6 Å². The standard InChI is InChI=1S/C21H15ClN4O3S/c22-17-8-6-16(7-9-17)19-14-30-21(23-12-15-4-2-1-3-5-15)25(19)24-13-18-10-11-20(29-18)26(27)28/h1-11,13-14H,12H2. The predicted octanol–water partition coefficient (Wildman–Crippen LogP) is 5.35. The molecule has 0 atom stereocenters. The number of rotatable bonds is 6. The Morgan fingerprint density at radius 1 is 1.10 bits per heavy atom. The highest BCUT2D eigenvalue weighted by Gasteiger charge is 2.11. The SMILES string of the molecule is O=[N+]([O-])c1ccc(C=Nn2c(-c3ccc(Cl)cc3)csc2=NCc2ccccc2)o1. The summed E-state index contributed by atoms with van der Waals surface area (Å²) in [6.07, 6.45) is 1.43. The lowest BCUT2D eigenvalue weighted by Gasteiger charge is -2.03. The first-order chi connectivity index (χ1) is 14.6. The molecule has 0 aliphatic heterocycles. The molecule has 4 rings (SSSR count). The molecule has 0 N–H and O–H groups in total. The van der Waals surface area contributed by atoms with E-state index in [0.29, 0.717) is 16.4 Å². The molecule has 30 heavy (non-hydrogen) atoms. The molecule has 0 bridgehead atoms. The van der Waals surface area contributed by atoms with Crippen molar-refractivity contribution >= 4 is 35.0 Å². The van der Waals surface area contributed by atoms with E-state index in [1.165, 1.54) is 29.7 Å². The first-order valence-corrected chi connectivity index (χ1v) is 10.2. The average Bonchev–Trinajstić information content (AvgIpc) is 3.39. The molecule has 7 nitrogen and oxygen atoms in total. The Balaban J connectivity index is 1.73. The fourth-order valence-corrected chi connectivity index (χ4v) is 3.67. The second-order valence-electron chi connectivity index (χ2n) is 6.20. The zero-order valence-electron chi connectivity index (χ0n) is 15.5. The van der Waals surface area contributed by atoms with Gasteiger partial charge in [-0.15, -0.1) is 11.3 Å². The minimum atomic E-state index is -0.588. The summed E-state index contributed by atoms with van der Waals surface area (Å²) in [5.74, 6) is -0.0600. The van der Waals surface area contributed by atoms with E-state index in [2.05, 4.69) is 10.1 Å². The lowest BCUT2D eigenvalue weighted by Crippen LogP contribution is -2.12. The second kappa shape index (κ2) is 8.89. The van der Waals surface area contributed by atoms with Gasteiger partial charge in [-0.3, -0.25) is 15.1 Å². The van der Waals surface area contributed by atoms with E-state index in [9.17, 15) is 10.1 Å². The van der Waals surface area contributed by atoms with Crippen LogP contribution < -0.4 is 4.80 Å². The van der Waals surface area contributed by atoms with E-state index < -0.39 is 4.92 Å². The van der Waals surface area contributed by atoms with Crippen LogP contribution in [0.5, 0.6) is 0 Å². The maximum Gasteiger partial charge on any atom is 0.433 e. The van der Waals surface area contributed by atoms with E-state index in [1.54, 1.807) is 16.8 Å². The molecule has 4 aromatic rings. The normalized spacial score (nSPS) is 12.0.